The van der Waals surface area contributed by atoms with E-state index in [-0.39, 0.29) is 21.4 Å². The van der Waals surface area contributed by atoms with Crippen LogP contribution in [-0.4, -0.2) is 20.2 Å². The molecule has 1 aliphatic carbocycles. The fraction of sp³-hybridized carbons (Fsp3) is 0.400. The van der Waals surface area contributed by atoms with Gasteiger partial charge in [0.2, 0.25) is 5.91 Å². The van der Waals surface area contributed by atoms with Gasteiger partial charge in [0.15, 0.2) is 0 Å². The number of para-hydroxylation sites is 1. The number of sulfonamides is 1. The zero-order valence-corrected chi connectivity index (χ0v) is 17.7. The van der Waals surface area contributed by atoms with E-state index in [1.54, 1.807) is 23.6 Å². The predicted molar refractivity (Wildman–Crippen MR) is 113 cm³/mol. The molecule has 3 N–H and O–H groups in total. The van der Waals surface area contributed by atoms with Crippen LogP contribution in [0.2, 0.25) is 0 Å². The standard InChI is InChI=1S/C20H25N3O4S2/c24-18(13-12-15-7-2-1-3-8-15)21-22-20(25)16-9-4-5-10-17(16)23-29(26,27)19-11-6-14-28-19/h4-6,9-11,14-15,23H,1-3,7-8,12-13H2,(H,21,24)(H,22,25). The van der Waals surface area contributed by atoms with Crippen molar-refractivity contribution in [3.05, 3.63) is 47.3 Å². The molecule has 1 aromatic heterocycles. The number of rotatable bonds is 7. The predicted octanol–water partition coefficient (Wildman–Crippen LogP) is 3.67. The van der Waals surface area contributed by atoms with Crippen molar-refractivity contribution in [2.24, 2.45) is 5.92 Å². The van der Waals surface area contributed by atoms with Gasteiger partial charge >= 0.3 is 0 Å². The Morgan fingerprint density at radius 2 is 1.76 bits per heavy atom. The van der Waals surface area contributed by atoms with Gasteiger partial charge in [0, 0.05) is 6.42 Å². The van der Waals surface area contributed by atoms with Crippen molar-refractivity contribution in [3.8, 4) is 0 Å². The van der Waals surface area contributed by atoms with Crippen molar-refractivity contribution in [1.82, 2.24) is 10.9 Å². The third-order valence-electron chi connectivity index (χ3n) is 5.00. The van der Waals surface area contributed by atoms with Gasteiger partial charge in [-0.1, -0.05) is 50.3 Å². The van der Waals surface area contributed by atoms with Gasteiger partial charge in [-0.2, -0.15) is 0 Å². The van der Waals surface area contributed by atoms with Crippen molar-refractivity contribution in [3.63, 3.8) is 0 Å². The Labute approximate surface area is 174 Å². The zero-order valence-electron chi connectivity index (χ0n) is 16.0. The Hall–Kier alpha value is -2.39. The molecule has 9 heteroatoms. The monoisotopic (exact) mass is 435 g/mol. The molecule has 1 fully saturated rings. The van der Waals surface area contributed by atoms with E-state index in [2.05, 4.69) is 15.6 Å². The van der Waals surface area contributed by atoms with Crippen LogP contribution < -0.4 is 15.6 Å². The van der Waals surface area contributed by atoms with Crippen molar-refractivity contribution < 1.29 is 18.0 Å². The number of hydrazine groups is 1. The summed E-state index contributed by atoms with van der Waals surface area (Å²) in [5.41, 5.74) is 5.07. The molecule has 0 saturated heterocycles. The van der Waals surface area contributed by atoms with Gasteiger partial charge in [0.25, 0.3) is 15.9 Å². The van der Waals surface area contributed by atoms with Crippen molar-refractivity contribution in [2.75, 3.05) is 4.72 Å². The molecule has 0 unspecified atom stereocenters. The largest absolute Gasteiger partial charge is 0.278 e. The Bertz CT molecular complexity index is 936. The van der Waals surface area contributed by atoms with Crippen molar-refractivity contribution in [2.45, 2.75) is 49.2 Å². The van der Waals surface area contributed by atoms with Crippen LogP contribution in [0.1, 0.15) is 55.3 Å². The molecule has 1 aromatic carbocycles. The molecule has 29 heavy (non-hydrogen) atoms. The van der Waals surface area contributed by atoms with E-state index < -0.39 is 15.9 Å². The van der Waals surface area contributed by atoms with E-state index in [1.165, 1.54) is 37.5 Å². The summed E-state index contributed by atoms with van der Waals surface area (Å²) in [5.74, 6) is -0.251. The molecule has 1 heterocycles. The highest BCUT2D eigenvalue weighted by molar-refractivity contribution is 7.94. The van der Waals surface area contributed by atoms with E-state index in [0.29, 0.717) is 12.3 Å². The smallest absolute Gasteiger partial charge is 0.271 e. The molecular weight excluding hydrogens is 410 g/mol. The molecule has 0 aliphatic heterocycles. The van der Waals surface area contributed by atoms with E-state index >= 15 is 0 Å². The molecule has 0 radical (unpaired) electrons. The number of nitrogens with one attached hydrogen (secondary N) is 3. The maximum Gasteiger partial charge on any atom is 0.271 e. The first-order valence-electron chi connectivity index (χ1n) is 9.70. The Balaban J connectivity index is 1.56. The van der Waals surface area contributed by atoms with Crippen LogP contribution in [0.3, 0.4) is 0 Å². The number of carbonyl (C=O) groups excluding carboxylic acids is 2. The van der Waals surface area contributed by atoms with Gasteiger partial charge in [-0.15, -0.1) is 11.3 Å². The molecular formula is C20H25N3O4S2. The van der Waals surface area contributed by atoms with Crippen molar-refractivity contribution >= 4 is 38.9 Å². The highest BCUT2D eigenvalue weighted by Crippen LogP contribution is 2.27. The summed E-state index contributed by atoms with van der Waals surface area (Å²) in [6.45, 7) is 0. The van der Waals surface area contributed by atoms with Crippen LogP contribution in [-0.2, 0) is 14.8 Å². The molecule has 156 valence electrons. The fourth-order valence-electron chi connectivity index (χ4n) is 3.45. The fourth-order valence-corrected chi connectivity index (χ4v) is 5.52. The quantitative estimate of drug-likeness (QED) is 0.577. The molecule has 7 nitrogen and oxygen atoms in total. The second kappa shape index (κ2) is 9.89. The summed E-state index contributed by atoms with van der Waals surface area (Å²) in [4.78, 5) is 24.5. The molecule has 1 aliphatic rings. The summed E-state index contributed by atoms with van der Waals surface area (Å²) < 4.78 is 27.5. The molecule has 1 saturated carbocycles. The van der Waals surface area contributed by atoms with E-state index in [4.69, 9.17) is 0 Å². The molecule has 0 atom stereocenters. The summed E-state index contributed by atoms with van der Waals surface area (Å²) in [6, 6.07) is 9.39. The van der Waals surface area contributed by atoms with Crippen LogP contribution in [0, 0.1) is 5.92 Å². The summed E-state index contributed by atoms with van der Waals surface area (Å²) >= 11 is 1.09. The molecule has 2 amide bonds. The van der Waals surface area contributed by atoms with E-state index in [1.807, 2.05) is 0 Å². The van der Waals surface area contributed by atoms with Gasteiger partial charge in [-0.05, 0) is 35.9 Å². The van der Waals surface area contributed by atoms with Crippen LogP contribution in [0.25, 0.3) is 0 Å². The minimum atomic E-state index is -3.78. The summed E-state index contributed by atoms with van der Waals surface area (Å²) in [7, 11) is -3.78. The molecule has 0 bridgehead atoms. The van der Waals surface area contributed by atoms with Gasteiger partial charge in [0.1, 0.15) is 4.21 Å². The highest BCUT2D eigenvalue weighted by Gasteiger charge is 2.20. The molecule has 2 aromatic rings. The van der Waals surface area contributed by atoms with Gasteiger partial charge in [-0.25, -0.2) is 8.42 Å². The summed E-state index contributed by atoms with van der Waals surface area (Å²) in [5, 5.41) is 1.66. The first kappa shape index (κ1) is 21.3. The first-order chi connectivity index (χ1) is 14.0. The van der Waals surface area contributed by atoms with E-state index in [0.717, 1.165) is 30.6 Å². The molecule has 0 spiro atoms. The Kier molecular flexibility index (Phi) is 7.27. The zero-order chi connectivity index (χ0) is 20.7. The lowest BCUT2D eigenvalue weighted by Gasteiger charge is -2.21. The minimum Gasteiger partial charge on any atom is -0.278 e. The number of anilines is 1. The normalized spacial score (nSPS) is 14.9. The average molecular weight is 436 g/mol. The first-order valence-corrected chi connectivity index (χ1v) is 12.1. The van der Waals surface area contributed by atoms with Gasteiger partial charge in [-0.3, -0.25) is 25.2 Å². The van der Waals surface area contributed by atoms with E-state index in [9.17, 15) is 18.0 Å². The molecule has 3 rings (SSSR count). The number of hydrogen-bond acceptors (Lipinski definition) is 5. The number of amides is 2. The summed E-state index contributed by atoms with van der Waals surface area (Å²) in [6.07, 6.45) is 7.22. The second-order valence-corrected chi connectivity index (χ2v) is 9.99. The Morgan fingerprint density at radius 3 is 2.48 bits per heavy atom. The third-order valence-corrected chi connectivity index (χ3v) is 7.76. The SMILES string of the molecule is O=C(CCC1CCCCC1)NNC(=O)c1ccccc1NS(=O)(=O)c1cccs1. The van der Waals surface area contributed by atoms with Crippen LogP contribution >= 0.6 is 11.3 Å². The lowest BCUT2D eigenvalue weighted by molar-refractivity contribution is -0.122. The maximum atomic E-state index is 12.5. The minimum absolute atomic E-state index is 0.125. The lowest BCUT2D eigenvalue weighted by atomic mass is 9.86. The van der Waals surface area contributed by atoms with Gasteiger partial charge < -0.3 is 0 Å². The van der Waals surface area contributed by atoms with Gasteiger partial charge in [0.05, 0.1) is 11.3 Å². The number of carbonyl (C=O) groups is 2. The van der Waals surface area contributed by atoms with Crippen LogP contribution in [0.4, 0.5) is 5.69 Å². The number of benzene rings is 1. The van der Waals surface area contributed by atoms with Crippen molar-refractivity contribution in [1.29, 1.82) is 0 Å². The number of hydrogen-bond donors (Lipinski definition) is 3. The third kappa shape index (κ3) is 6.04. The lowest BCUT2D eigenvalue weighted by Crippen LogP contribution is -2.42. The Morgan fingerprint density at radius 1 is 1.00 bits per heavy atom. The second-order valence-electron chi connectivity index (χ2n) is 7.13. The van der Waals surface area contributed by atoms with Crippen LogP contribution in [0.15, 0.2) is 46.0 Å². The van der Waals surface area contributed by atoms with Crippen LogP contribution in [0.5, 0.6) is 0 Å². The number of thiophene rings is 1. The highest BCUT2D eigenvalue weighted by atomic mass is 32.2. The average Bonchev–Trinajstić information content (AvgIpc) is 3.27. The topological polar surface area (TPSA) is 104 Å². The maximum absolute atomic E-state index is 12.5.